The van der Waals surface area contributed by atoms with Gasteiger partial charge in [-0.05, 0) is 37.5 Å². The lowest BCUT2D eigenvalue weighted by Crippen LogP contribution is -2.54. The molecule has 0 aromatic carbocycles. The minimum Gasteiger partial charge on any atom is -0.389 e. The van der Waals surface area contributed by atoms with E-state index in [0.717, 1.165) is 45.2 Å². The summed E-state index contributed by atoms with van der Waals surface area (Å²) in [6.45, 7) is 3.93. The first-order valence-corrected chi connectivity index (χ1v) is 7.33. The maximum absolute atomic E-state index is 12.2. The number of nitrogens with zero attached hydrogens (tertiary/aromatic N) is 1. The lowest BCUT2D eigenvalue weighted by Gasteiger charge is -2.38. The predicted octanol–water partition coefficient (Wildman–Crippen LogP) is 1.30. The molecule has 2 N–H and O–H groups in total. The normalized spacial score (nSPS) is 37.0. The molecule has 0 spiro atoms. The van der Waals surface area contributed by atoms with E-state index in [1.54, 1.807) is 0 Å². The molecule has 4 heteroatoms. The zero-order chi connectivity index (χ0) is 13.9. The number of carbonyl (C=O) groups excluding carboxylic acids is 1. The van der Waals surface area contributed by atoms with Gasteiger partial charge in [0.05, 0.1) is 12.1 Å². The van der Waals surface area contributed by atoms with Crippen molar-refractivity contribution in [3.63, 3.8) is 0 Å². The van der Waals surface area contributed by atoms with Gasteiger partial charge in [-0.25, -0.2) is 0 Å². The molecule has 1 fully saturated rings. The van der Waals surface area contributed by atoms with Crippen LogP contribution in [0.4, 0.5) is 0 Å². The monoisotopic (exact) mass is 266 g/mol. The molecular formula is C15H26N2O2. The number of aliphatic hydroxyl groups is 1. The molecule has 0 bridgehead atoms. The first kappa shape index (κ1) is 14.5. The number of carbonyl (C=O) groups is 1. The van der Waals surface area contributed by atoms with Crippen LogP contribution in [0.15, 0.2) is 12.2 Å². The van der Waals surface area contributed by atoms with Crippen LogP contribution < -0.4 is 5.32 Å². The van der Waals surface area contributed by atoms with Crippen LogP contribution in [0.2, 0.25) is 0 Å². The number of nitrogens with one attached hydrogen (secondary N) is 1. The van der Waals surface area contributed by atoms with Crippen molar-refractivity contribution in [2.24, 2.45) is 5.41 Å². The summed E-state index contributed by atoms with van der Waals surface area (Å²) in [6.07, 6.45) is 8.38. The Morgan fingerprint density at radius 3 is 3.11 bits per heavy atom. The van der Waals surface area contributed by atoms with Crippen molar-refractivity contribution >= 4 is 5.91 Å². The van der Waals surface area contributed by atoms with Gasteiger partial charge < -0.3 is 15.3 Å². The van der Waals surface area contributed by atoms with Gasteiger partial charge in [0.25, 0.3) is 0 Å². The smallest absolute Gasteiger partial charge is 0.239 e. The van der Waals surface area contributed by atoms with Crippen LogP contribution >= 0.6 is 0 Å². The topological polar surface area (TPSA) is 52.6 Å². The average Bonchev–Trinajstić information content (AvgIpc) is 2.37. The molecule has 1 aliphatic carbocycles. The molecular weight excluding hydrogens is 240 g/mol. The standard InChI is InChI=1S/C15H26N2O2/c1-15(7-4-3-5-12(18)6-8-15)11-13-14(19)17(2)10-9-16-13/h3,5,12-13,16,18H,4,6-11H2,1-2H3. The Hall–Kier alpha value is -0.870. The third kappa shape index (κ3) is 3.80. The maximum Gasteiger partial charge on any atom is 0.239 e. The van der Waals surface area contributed by atoms with E-state index in [2.05, 4.69) is 18.3 Å². The lowest BCUT2D eigenvalue weighted by atomic mass is 9.74. The Balaban J connectivity index is 1.99. The van der Waals surface area contributed by atoms with Gasteiger partial charge in [-0.1, -0.05) is 19.1 Å². The molecule has 1 aliphatic heterocycles. The summed E-state index contributed by atoms with van der Waals surface area (Å²) in [6, 6.07) is -0.0516. The number of aliphatic hydroxyl groups excluding tert-OH is 1. The van der Waals surface area contributed by atoms with Crippen LogP contribution in [-0.4, -0.2) is 48.2 Å². The molecule has 3 unspecified atom stereocenters. The molecule has 1 amide bonds. The molecule has 0 radical (unpaired) electrons. The van der Waals surface area contributed by atoms with E-state index in [-0.39, 0.29) is 23.5 Å². The highest BCUT2D eigenvalue weighted by Gasteiger charge is 2.34. The van der Waals surface area contributed by atoms with E-state index < -0.39 is 0 Å². The summed E-state index contributed by atoms with van der Waals surface area (Å²) < 4.78 is 0. The second-order valence-corrected chi connectivity index (χ2v) is 6.35. The Morgan fingerprint density at radius 1 is 1.53 bits per heavy atom. The molecule has 0 aromatic rings. The van der Waals surface area contributed by atoms with Crippen LogP contribution in [0.5, 0.6) is 0 Å². The second-order valence-electron chi connectivity index (χ2n) is 6.35. The number of likely N-dealkylation sites (N-methyl/N-ethyl adjacent to an activating group) is 1. The highest BCUT2D eigenvalue weighted by atomic mass is 16.3. The number of allylic oxidation sites excluding steroid dienone is 1. The lowest BCUT2D eigenvalue weighted by molar-refractivity contribution is -0.135. The molecule has 0 saturated carbocycles. The van der Waals surface area contributed by atoms with Crippen molar-refractivity contribution < 1.29 is 9.90 Å². The number of amides is 1. The average molecular weight is 266 g/mol. The van der Waals surface area contributed by atoms with Gasteiger partial charge in [-0.15, -0.1) is 0 Å². The third-order valence-electron chi connectivity index (χ3n) is 4.53. The quantitative estimate of drug-likeness (QED) is 0.741. The van der Waals surface area contributed by atoms with E-state index in [9.17, 15) is 9.90 Å². The van der Waals surface area contributed by atoms with Crippen LogP contribution in [0.25, 0.3) is 0 Å². The van der Waals surface area contributed by atoms with E-state index >= 15 is 0 Å². The second kappa shape index (κ2) is 6.06. The van der Waals surface area contributed by atoms with E-state index in [0.29, 0.717) is 0 Å². The fourth-order valence-corrected chi connectivity index (χ4v) is 3.13. The van der Waals surface area contributed by atoms with Gasteiger partial charge in [-0.2, -0.15) is 0 Å². The summed E-state index contributed by atoms with van der Waals surface area (Å²) >= 11 is 0. The van der Waals surface area contributed by atoms with Crippen LogP contribution in [0.1, 0.15) is 39.0 Å². The van der Waals surface area contributed by atoms with Crippen molar-refractivity contribution in [2.75, 3.05) is 20.1 Å². The summed E-state index contributed by atoms with van der Waals surface area (Å²) in [4.78, 5) is 14.0. The van der Waals surface area contributed by atoms with Crippen molar-refractivity contribution in [3.8, 4) is 0 Å². The van der Waals surface area contributed by atoms with Crippen molar-refractivity contribution in [3.05, 3.63) is 12.2 Å². The zero-order valence-corrected chi connectivity index (χ0v) is 12.1. The number of hydrogen-bond donors (Lipinski definition) is 2. The molecule has 2 rings (SSSR count). The number of piperazine rings is 1. The zero-order valence-electron chi connectivity index (χ0n) is 12.1. The molecule has 3 atom stereocenters. The minimum absolute atomic E-state index is 0.0516. The first-order valence-electron chi connectivity index (χ1n) is 7.33. The molecule has 19 heavy (non-hydrogen) atoms. The van der Waals surface area contributed by atoms with Gasteiger partial charge in [0.1, 0.15) is 0 Å². The molecule has 4 nitrogen and oxygen atoms in total. The van der Waals surface area contributed by atoms with Crippen LogP contribution in [0, 0.1) is 5.41 Å². The van der Waals surface area contributed by atoms with Crippen LogP contribution in [0.3, 0.4) is 0 Å². The van der Waals surface area contributed by atoms with Gasteiger partial charge in [0.2, 0.25) is 5.91 Å². The van der Waals surface area contributed by atoms with Crippen LogP contribution in [-0.2, 0) is 4.79 Å². The van der Waals surface area contributed by atoms with E-state index in [1.807, 2.05) is 18.0 Å². The van der Waals surface area contributed by atoms with Crippen molar-refractivity contribution in [1.82, 2.24) is 10.2 Å². The Kier molecular flexibility index (Phi) is 4.63. The molecule has 2 aliphatic rings. The minimum atomic E-state index is -0.322. The van der Waals surface area contributed by atoms with Gasteiger partial charge in [-0.3, -0.25) is 4.79 Å². The first-order chi connectivity index (χ1) is 9.00. The third-order valence-corrected chi connectivity index (χ3v) is 4.53. The van der Waals surface area contributed by atoms with Crippen molar-refractivity contribution in [1.29, 1.82) is 0 Å². The molecule has 1 saturated heterocycles. The highest BCUT2D eigenvalue weighted by Crippen LogP contribution is 2.37. The summed E-state index contributed by atoms with van der Waals surface area (Å²) in [5.74, 6) is 0.214. The van der Waals surface area contributed by atoms with E-state index in [1.165, 1.54) is 0 Å². The fraction of sp³-hybridized carbons (Fsp3) is 0.800. The summed E-state index contributed by atoms with van der Waals surface area (Å²) in [5.41, 5.74) is 0.136. The number of rotatable bonds is 2. The Labute approximate surface area is 115 Å². The van der Waals surface area contributed by atoms with Gasteiger partial charge in [0, 0.05) is 20.1 Å². The summed E-state index contributed by atoms with van der Waals surface area (Å²) in [7, 11) is 1.88. The maximum atomic E-state index is 12.2. The fourth-order valence-electron chi connectivity index (χ4n) is 3.13. The Morgan fingerprint density at radius 2 is 2.32 bits per heavy atom. The SMILES string of the molecule is CN1CCNC(CC2(C)CCC=CC(O)CC2)C1=O. The van der Waals surface area contributed by atoms with E-state index in [4.69, 9.17) is 0 Å². The number of hydrogen-bond acceptors (Lipinski definition) is 3. The molecule has 0 aromatic heterocycles. The highest BCUT2D eigenvalue weighted by molar-refractivity contribution is 5.82. The van der Waals surface area contributed by atoms with Gasteiger partial charge in [0.15, 0.2) is 0 Å². The van der Waals surface area contributed by atoms with Gasteiger partial charge >= 0.3 is 0 Å². The largest absolute Gasteiger partial charge is 0.389 e. The van der Waals surface area contributed by atoms with Crippen molar-refractivity contribution in [2.45, 2.75) is 51.2 Å². The molecule has 1 heterocycles. The Bertz CT molecular complexity index is 356. The summed E-state index contributed by atoms with van der Waals surface area (Å²) in [5, 5.41) is 13.1. The molecule has 108 valence electrons. The predicted molar refractivity (Wildman–Crippen MR) is 75.8 cm³/mol.